The maximum Gasteiger partial charge on any atom is 0.145 e. The molecule has 0 N–H and O–H groups in total. The van der Waals surface area contributed by atoms with Gasteiger partial charge in [0.1, 0.15) is 22.9 Å². The van der Waals surface area contributed by atoms with E-state index >= 15 is 0 Å². The molecule has 2 aromatic heterocycles. The van der Waals surface area contributed by atoms with Crippen LogP contribution in [-0.4, -0.2) is 21.6 Å². The largest absolute Gasteiger partial charge is 0.497 e. The molecule has 0 amide bonds. The van der Waals surface area contributed by atoms with Crippen LogP contribution in [0, 0.1) is 6.92 Å². The first-order valence-corrected chi connectivity index (χ1v) is 7.56. The number of hydrogen-bond acceptors (Lipinski definition) is 3. The summed E-state index contributed by atoms with van der Waals surface area (Å²) in [5.74, 6) is 0.827. The van der Waals surface area contributed by atoms with Gasteiger partial charge in [0.2, 0.25) is 0 Å². The van der Waals surface area contributed by atoms with Gasteiger partial charge in [-0.25, -0.2) is 9.97 Å². The average Bonchev–Trinajstić information content (AvgIpc) is 2.88. The van der Waals surface area contributed by atoms with Gasteiger partial charge in [0.15, 0.2) is 0 Å². The molecular formula is C17H18ClN3O. The lowest BCUT2D eigenvalue weighted by Crippen LogP contribution is -1.99. The molecule has 3 rings (SSSR count). The van der Waals surface area contributed by atoms with Crippen LogP contribution < -0.4 is 4.74 Å². The third-order valence-corrected chi connectivity index (χ3v) is 4.00. The summed E-state index contributed by atoms with van der Waals surface area (Å²) < 4.78 is 7.50. The zero-order chi connectivity index (χ0) is 15.9. The number of fused-ring (bicyclic) bond motifs is 1. The standard InChI is InChI=1S/C17H18ClN3O/c1-10(2)21-8-14(15-16(18)19-9-20-17(15)21)12-5-11(3)6-13(7-12)22-4/h5-10H,1-4H3. The average molecular weight is 316 g/mol. The maximum atomic E-state index is 6.35. The van der Waals surface area contributed by atoms with Gasteiger partial charge in [0.25, 0.3) is 0 Å². The van der Waals surface area contributed by atoms with Crippen LogP contribution in [0.15, 0.2) is 30.7 Å². The summed E-state index contributed by atoms with van der Waals surface area (Å²) >= 11 is 6.35. The SMILES string of the molecule is COc1cc(C)cc(-c2cn(C(C)C)c3ncnc(Cl)c23)c1. The Kier molecular flexibility index (Phi) is 3.79. The van der Waals surface area contributed by atoms with Gasteiger partial charge < -0.3 is 9.30 Å². The van der Waals surface area contributed by atoms with Crippen molar-refractivity contribution < 1.29 is 4.74 Å². The van der Waals surface area contributed by atoms with Crippen LogP contribution >= 0.6 is 11.6 Å². The molecule has 2 heterocycles. The lowest BCUT2D eigenvalue weighted by molar-refractivity contribution is 0.414. The third kappa shape index (κ3) is 2.44. The summed E-state index contributed by atoms with van der Waals surface area (Å²) in [6, 6.07) is 6.42. The van der Waals surface area contributed by atoms with E-state index in [1.807, 2.05) is 19.1 Å². The van der Waals surface area contributed by atoms with Crippen LogP contribution in [0.4, 0.5) is 0 Å². The van der Waals surface area contributed by atoms with Gasteiger partial charge in [-0.2, -0.15) is 0 Å². The van der Waals surface area contributed by atoms with Gasteiger partial charge in [-0.3, -0.25) is 0 Å². The van der Waals surface area contributed by atoms with E-state index in [1.54, 1.807) is 7.11 Å². The fourth-order valence-electron chi connectivity index (χ4n) is 2.68. The van der Waals surface area contributed by atoms with E-state index in [1.165, 1.54) is 6.33 Å². The number of methoxy groups -OCH3 is 1. The summed E-state index contributed by atoms with van der Waals surface area (Å²) in [6.45, 7) is 6.29. The van der Waals surface area contributed by atoms with E-state index < -0.39 is 0 Å². The second-order valence-corrected chi connectivity index (χ2v) is 6.00. The molecular weight excluding hydrogens is 298 g/mol. The first-order chi connectivity index (χ1) is 10.5. The fourth-order valence-corrected chi connectivity index (χ4v) is 2.91. The zero-order valence-electron chi connectivity index (χ0n) is 13.1. The quantitative estimate of drug-likeness (QED) is 0.660. The van der Waals surface area contributed by atoms with E-state index in [-0.39, 0.29) is 6.04 Å². The lowest BCUT2D eigenvalue weighted by atomic mass is 10.0. The number of benzene rings is 1. The Balaban J connectivity index is 2.34. The van der Waals surface area contributed by atoms with Crippen molar-refractivity contribution in [2.45, 2.75) is 26.8 Å². The van der Waals surface area contributed by atoms with Crippen LogP contribution in [0.2, 0.25) is 5.15 Å². The van der Waals surface area contributed by atoms with Crippen LogP contribution in [0.3, 0.4) is 0 Å². The number of aromatic nitrogens is 3. The zero-order valence-corrected chi connectivity index (χ0v) is 13.8. The minimum Gasteiger partial charge on any atom is -0.497 e. The first-order valence-electron chi connectivity index (χ1n) is 7.18. The molecule has 0 bridgehead atoms. The van der Waals surface area contributed by atoms with E-state index in [0.717, 1.165) is 33.5 Å². The molecule has 0 saturated carbocycles. The lowest BCUT2D eigenvalue weighted by Gasteiger charge is -2.07. The van der Waals surface area contributed by atoms with Gasteiger partial charge in [-0.15, -0.1) is 0 Å². The Hall–Kier alpha value is -2.07. The second-order valence-electron chi connectivity index (χ2n) is 5.65. The Morgan fingerprint density at radius 3 is 2.64 bits per heavy atom. The van der Waals surface area contributed by atoms with Crippen molar-refractivity contribution in [2.24, 2.45) is 0 Å². The van der Waals surface area contributed by atoms with E-state index in [4.69, 9.17) is 16.3 Å². The summed E-state index contributed by atoms with van der Waals surface area (Å²) in [6.07, 6.45) is 3.59. The fraction of sp³-hybridized carbons (Fsp3) is 0.294. The van der Waals surface area contributed by atoms with Crippen LogP contribution in [0.1, 0.15) is 25.5 Å². The molecule has 0 fully saturated rings. The highest BCUT2D eigenvalue weighted by atomic mass is 35.5. The highest BCUT2D eigenvalue weighted by Crippen LogP contribution is 2.36. The number of hydrogen-bond donors (Lipinski definition) is 0. The van der Waals surface area contributed by atoms with Crippen molar-refractivity contribution in [3.05, 3.63) is 41.4 Å². The van der Waals surface area contributed by atoms with Crippen molar-refractivity contribution >= 4 is 22.6 Å². The highest BCUT2D eigenvalue weighted by molar-refractivity contribution is 6.35. The molecule has 0 spiro atoms. The molecule has 0 unspecified atom stereocenters. The third-order valence-electron chi connectivity index (χ3n) is 3.72. The van der Waals surface area contributed by atoms with Crippen molar-refractivity contribution in [2.75, 3.05) is 7.11 Å². The predicted octanol–water partition coefficient (Wildman–Crippen LogP) is 4.65. The van der Waals surface area contributed by atoms with E-state index in [2.05, 4.69) is 40.6 Å². The molecule has 3 aromatic rings. The van der Waals surface area contributed by atoms with Crippen LogP contribution in [-0.2, 0) is 0 Å². The number of nitrogens with zero attached hydrogens (tertiary/aromatic N) is 3. The number of halogens is 1. The molecule has 5 heteroatoms. The normalized spacial score (nSPS) is 11.4. The molecule has 0 aliphatic heterocycles. The monoisotopic (exact) mass is 315 g/mol. The second kappa shape index (κ2) is 5.61. The maximum absolute atomic E-state index is 6.35. The number of rotatable bonds is 3. The summed E-state index contributed by atoms with van der Waals surface area (Å²) in [4.78, 5) is 8.55. The van der Waals surface area contributed by atoms with Gasteiger partial charge in [0, 0.05) is 17.8 Å². The van der Waals surface area contributed by atoms with Crippen LogP contribution in [0.5, 0.6) is 5.75 Å². The summed E-state index contributed by atoms with van der Waals surface area (Å²) in [5.41, 5.74) is 4.06. The van der Waals surface area contributed by atoms with Gasteiger partial charge in [0.05, 0.1) is 12.5 Å². The van der Waals surface area contributed by atoms with Gasteiger partial charge in [-0.05, 0) is 44.0 Å². The molecule has 0 atom stereocenters. The van der Waals surface area contributed by atoms with Crippen molar-refractivity contribution in [3.8, 4) is 16.9 Å². The summed E-state index contributed by atoms with van der Waals surface area (Å²) in [7, 11) is 1.67. The van der Waals surface area contributed by atoms with Gasteiger partial charge in [-0.1, -0.05) is 17.7 Å². The molecule has 22 heavy (non-hydrogen) atoms. The van der Waals surface area contributed by atoms with Crippen molar-refractivity contribution in [3.63, 3.8) is 0 Å². The molecule has 0 aliphatic carbocycles. The molecule has 4 nitrogen and oxygen atoms in total. The number of ether oxygens (including phenoxy) is 1. The molecule has 0 aliphatic rings. The molecule has 114 valence electrons. The smallest absolute Gasteiger partial charge is 0.145 e. The topological polar surface area (TPSA) is 39.9 Å². The Morgan fingerprint density at radius 2 is 1.95 bits per heavy atom. The first kappa shape index (κ1) is 14.9. The Morgan fingerprint density at radius 1 is 1.18 bits per heavy atom. The van der Waals surface area contributed by atoms with E-state index in [9.17, 15) is 0 Å². The van der Waals surface area contributed by atoms with Crippen molar-refractivity contribution in [1.29, 1.82) is 0 Å². The summed E-state index contributed by atoms with van der Waals surface area (Å²) in [5, 5.41) is 1.35. The van der Waals surface area contributed by atoms with Crippen LogP contribution in [0.25, 0.3) is 22.2 Å². The predicted molar refractivity (Wildman–Crippen MR) is 89.6 cm³/mol. The molecule has 0 radical (unpaired) electrons. The molecule has 0 saturated heterocycles. The number of aryl methyl sites for hydroxylation is 1. The Bertz CT molecular complexity index is 839. The molecule has 1 aromatic carbocycles. The van der Waals surface area contributed by atoms with Gasteiger partial charge >= 0.3 is 0 Å². The minimum atomic E-state index is 0.286. The Labute approximate surface area is 134 Å². The van der Waals surface area contributed by atoms with E-state index in [0.29, 0.717) is 5.15 Å². The van der Waals surface area contributed by atoms with Crippen molar-refractivity contribution in [1.82, 2.24) is 14.5 Å². The highest BCUT2D eigenvalue weighted by Gasteiger charge is 2.17. The minimum absolute atomic E-state index is 0.286.